The number of aromatic nitrogens is 2. The molecular weight excluding hydrogens is 244 g/mol. The fourth-order valence-corrected chi connectivity index (χ4v) is 2.13. The molecule has 7 heteroatoms. The Bertz CT molecular complexity index is 687. The predicted molar refractivity (Wildman–Crippen MR) is 58.8 cm³/mol. The van der Waals surface area contributed by atoms with Crippen LogP contribution in [-0.4, -0.2) is 25.0 Å². The maximum Gasteiger partial charge on any atom is 0.368 e. The molecule has 0 aromatic carbocycles. The van der Waals surface area contributed by atoms with E-state index in [9.17, 15) is 13.2 Å². The number of nitrogens with zero attached hydrogens (tertiary/aromatic N) is 2. The van der Waals surface area contributed by atoms with E-state index in [4.69, 9.17) is 0 Å². The fraction of sp³-hybridized carbons (Fsp3) is 0.200. The van der Waals surface area contributed by atoms with Crippen LogP contribution in [0.2, 0.25) is 0 Å². The molecule has 6 nitrogen and oxygen atoms in total. The first-order chi connectivity index (χ1) is 7.95. The number of aryl methyl sites for hydroxylation is 1. The van der Waals surface area contributed by atoms with E-state index < -0.39 is 15.2 Å². The Balaban J connectivity index is 2.63. The van der Waals surface area contributed by atoms with E-state index in [1.807, 2.05) is 6.07 Å². The second-order valence-corrected chi connectivity index (χ2v) is 5.12. The van der Waals surface area contributed by atoms with Gasteiger partial charge in [-0.25, -0.2) is 0 Å². The van der Waals surface area contributed by atoms with Gasteiger partial charge in [-0.1, -0.05) is 0 Å². The van der Waals surface area contributed by atoms with Crippen LogP contribution in [0.25, 0.3) is 5.52 Å². The van der Waals surface area contributed by atoms with Crippen molar-refractivity contribution >= 4 is 20.8 Å². The van der Waals surface area contributed by atoms with E-state index in [2.05, 4.69) is 4.18 Å². The molecule has 0 fully saturated rings. The Morgan fingerprint density at radius 1 is 1.47 bits per heavy atom. The maximum atomic E-state index is 11.7. The predicted octanol–water partition coefficient (Wildman–Crippen LogP) is -0.120. The Hall–Kier alpha value is -1.73. The summed E-state index contributed by atoms with van der Waals surface area (Å²) in [5.74, 6) is 0. The summed E-state index contributed by atoms with van der Waals surface area (Å²) in [7, 11) is -1.64. The molecule has 0 unspecified atom stereocenters. The van der Waals surface area contributed by atoms with Crippen molar-refractivity contribution in [3.63, 3.8) is 0 Å². The van der Waals surface area contributed by atoms with E-state index in [-0.39, 0.29) is 5.69 Å². The van der Waals surface area contributed by atoms with Crippen LogP contribution < -0.4 is 4.57 Å². The second kappa shape index (κ2) is 3.94. The number of rotatable bonds is 2. The molecule has 0 radical (unpaired) electrons. The molecule has 2 aromatic rings. The van der Waals surface area contributed by atoms with Gasteiger partial charge in [0.2, 0.25) is 0 Å². The Labute approximate surface area is 98.2 Å². The van der Waals surface area contributed by atoms with Crippen LogP contribution in [0.3, 0.4) is 0 Å². The van der Waals surface area contributed by atoms with Gasteiger partial charge in [0.15, 0.2) is 6.20 Å². The minimum atomic E-state index is -4.20. The number of carbonyl (C=O) groups excluding carboxylic acids is 1. The van der Waals surface area contributed by atoms with Gasteiger partial charge in [0, 0.05) is 6.20 Å². The van der Waals surface area contributed by atoms with Crippen LogP contribution in [0.5, 0.6) is 0 Å². The lowest BCUT2D eigenvalue weighted by atomic mass is 10.4. The third-order valence-electron chi connectivity index (χ3n) is 2.43. The number of fused-ring (bicyclic) bond motifs is 1. The van der Waals surface area contributed by atoms with E-state index in [1.165, 1.54) is 10.8 Å². The number of hydrogen-bond donors (Lipinski definition) is 0. The minimum absolute atomic E-state index is 0.0375. The van der Waals surface area contributed by atoms with Crippen molar-refractivity contribution in [3.8, 4) is 0 Å². The van der Waals surface area contributed by atoms with Gasteiger partial charge >= 0.3 is 15.2 Å². The van der Waals surface area contributed by atoms with Crippen molar-refractivity contribution in [2.45, 2.75) is 0 Å². The van der Waals surface area contributed by atoms with Gasteiger partial charge in [0.05, 0.1) is 13.3 Å². The van der Waals surface area contributed by atoms with Crippen LogP contribution in [0.4, 0.5) is 0 Å². The van der Waals surface area contributed by atoms with Gasteiger partial charge in [-0.3, -0.25) is 8.98 Å². The fourth-order valence-electron chi connectivity index (χ4n) is 1.52. The summed E-state index contributed by atoms with van der Waals surface area (Å²) in [6.45, 7) is 0. The highest BCUT2D eigenvalue weighted by atomic mass is 32.2. The molecule has 0 saturated heterocycles. The largest absolute Gasteiger partial charge is 0.368 e. The maximum absolute atomic E-state index is 11.7. The van der Waals surface area contributed by atoms with Gasteiger partial charge in [0.1, 0.15) is 12.6 Å². The molecule has 2 rings (SSSR count). The average molecular weight is 255 g/mol. The SMILES string of the molecule is COS(=O)(=O)C(=O)c1cn2cccc2c[n+]1C. The first-order valence-corrected chi connectivity index (χ1v) is 6.18. The topological polar surface area (TPSA) is 68.7 Å². The molecule has 0 aliphatic heterocycles. The lowest BCUT2D eigenvalue weighted by molar-refractivity contribution is -0.672. The third kappa shape index (κ3) is 1.94. The van der Waals surface area contributed by atoms with E-state index in [0.717, 1.165) is 12.6 Å². The normalized spacial score (nSPS) is 11.9. The molecular formula is C10H11N2O4S+. The first kappa shape index (κ1) is 11.7. The van der Waals surface area contributed by atoms with Gasteiger partial charge in [0.25, 0.3) is 5.69 Å². The Morgan fingerprint density at radius 2 is 2.18 bits per heavy atom. The lowest BCUT2D eigenvalue weighted by Crippen LogP contribution is -2.39. The molecule has 2 heterocycles. The summed E-state index contributed by atoms with van der Waals surface area (Å²) >= 11 is 0. The zero-order valence-corrected chi connectivity index (χ0v) is 10.1. The second-order valence-electron chi connectivity index (χ2n) is 3.50. The van der Waals surface area contributed by atoms with Gasteiger partial charge < -0.3 is 4.40 Å². The highest BCUT2D eigenvalue weighted by Gasteiger charge is 2.31. The van der Waals surface area contributed by atoms with Crippen LogP contribution >= 0.6 is 0 Å². The third-order valence-corrected chi connectivity index (χ3v) is 3.54. The average Bonchev–Trinajstić information content (AvgIpc) is 2.73. The molecule has 0 aliphatic carbocycles. The molecule has 90 valence electrons. The molecule has 2 aromatic heterocycles. The lowest BCUT2D eigenvalue weighted by Gasteiger charge is -2.01. The molecule has 0 N–H and O–H groups in total. The summed E-state index contributed by atoms with van der Waals surface area (Å²) in [4.78, 5) is 11.7. The van der Waals surface area contributed by atoms with Crippen molar-refractivity contribution in [3.05, 3.63) is 36.4 Å². The van der Waals surface area contributed by atoms with E-state index in [0.29, 0.717) is 0 Å². The van der Waals surface area contributed by atoms with Crippen molar-refractivity contribution < 1.29 is 22.0 Å². The van der Waals surface area contributed by atoms with Gasteiger partial charge in [-0.2, -0.15) is 13.0 Å². The standard InChI is InChI=1S/C10H11N2O4S/c1-11-6-8-4-3-5-12(8)7-9(11)10(13)17(14,15)16-2/h3-7H,1-2H3/q+1. The molecule has 0 saturated carbocycles. The molecule has 0 spiro atoms. The summed E-state index contributed by atoms with van der Waals surface area (Å²) in [6.07, 6.45) is 4.85. The van der Waals surface area contributed by atoms with Gasteiger partial charge in [-0.05, 0) is 12.1 Å². The van der Waals surface area contributed by atoms with Crippen molar-refractivity contribution in [2.75, 3.05) is 7.11 Å². The first-order valence-electron chi connectivity index (χ1n) is 4.77. The van der Waals surface area contributed by atoms with Crippen LogP contribution in [0, 0.1) is 0 Å². The van der Waals surface area contributed by atoms with Crippen LogP contribution in [-0.2, 0) is 21.3 Å². The van der Waals surface area contributed by atoms with Crippen LogP contribution in [0.1, 0.15) is 10.5 Å². The summed E-state index contributed by atoms with van der Waals surface area (Å²) in [5, 5.41) is -1.06. The van der Waals surface area contributed by atoms with E-state index in [1.54, 1.807) is 29.9 Å². The van der Waals surface area contributed by atoms with Crippen molar-refractivity contribution in [1.29, 1.82) is 0 Å². The minimum Gasteiger partial charge on any atom is -0.312 e. The van der Waals surface area contributed by atoms with Crippen molar-refractivity contribution in [2.24, 2.45) is 7.05 Å². The van der Waals surface area contributed by atoms with Crippen molar-refractivity contribution in [1.82, 2.24) is 4.40 Å². The smallest absolute Gasteiger partial charge is 0.312 e. The zero-order chi connectivity index (χ0) is 12.6. The molecule has 0 aliphatic rings. The summed E-state index contributed by atoms with van der Waals surface area (Å²) in [5.41, 5.74) is 0.898. The molecule has 0 atom stereocenters. The van der Waals surface area contributed by atoms with Gasteiger partial charge in [-0.15, -0.1) is 0 Å². The van der Waals surface area contributed by atoms with E-state index >= 15 is 0 Å². The molecule has 0 bridgehead atoms. The highest BCUT2D eigenvalue weighted by molar-refractivity contribution is 8.02. The summed E-state index contributed by atoms with van der Waals surface area (Å²) < 4.78 is 30.0. The quantitative estimate of drug-likeness (QED) is 0.554. The molecule has 17 heavy (non-hydrogen) atoms. The molecule has 0 amide bonds. The number of hydrogen-bond acceptors (Lipinski definition) is 4. The highest BCUT2D eigenvalue weighted by Crippen LogP contribution is 2.06. The number of carbonyl (C=O) groups is 1. The Kier molecular flexibility index (Phi) is 2.72. The monoisotopic (exact) mass is 255 g/mol. The summed E-state index contributed by atoms with van der Waals surface area (Å²) in [6, 6.07) is 3.65. The Morgan fingerprint density at radius 3 is 2.82 bits per heavy atom. The zero-order valence-electron chi connectivity index (χ0n) is 9.32. The van der Waals surface area contributed by atoms with Crippen LogP contribution in [0.15, 0.2) is 30.7 Å².